The van der Waals surface area contributed by atoms with E-state index in [0.29, 0.717) is 0 Å². The number of benzene rings is 1. The molecule has 0 fully saturated rings. The number of aromatic nitrogens is 4. The van der Waals surface area contributed by atoms with Crippen molar-refractivity contribution in [2.24, 2.45) is 5.73 Å². The summed E-state index contributed by atoms with van der Waals surface area (Å²) >= 11 is 0. The second-order valence-electron chi connectivity index (χ2n) is 4.16. The first-order valence-electron chi connectivity index (χ1n) is 5.79. The lowest BCUT2D eigenvalue weighted by Crippen LogP contribution is -2.16. The van der Waals surface area contributed by atoms with Crippen molar-refractivity contribution in [1.82, 2.24) is 19.6 Å². The smallest absolute Gasteiger partial charge is 0.179 e. The van der Waals surface area contributed by atoms with E-state index in [0.717, 1.165) is 17.9 Å². The van der Waals surface area contributed by atoms with Gasteiger partial charge in [-0.05, 0) is 12.0 Å². The highest BCUT2D eigenvalue weighted by atomic mass is 15.3. The lowest BCUT2D eigenvalue weighted by Gasteiger charge is -2.09. The Morgan fingerprint density at radius 3 is 2.83 bits per heavy atom. The first-order chi connectivity index (χ1) is 8.84. The van der Waals surface area contributed by atoms with E-state index in [1.165, 1.54) is 5.56 Å². The van der Waals surface area contributed by atoms with Crippen molar-refractivity contribution < 1.29 is 0 Å². The first-order valence-corrected chi connectivity index (χ1v) is 5.79. The highest BCUT2D eigenvalue weighted by Gasteiger charge is 2.14. The van der Waals surface area contributed by atoms with E-state index in [4.69, 9.17) is 5.73 Å². The molecule has 5 nitrogen and oxygen atoms in total. The van der Waals surface area contributed by atoms with E-state index < -0.39 is 0 Å². The Kier molecular flexibility index (Phi) is 2.74. The molecule has 0 amide bonds. The maximum absolute atomic E-state index is 6.19. The molecule has 5 heteroatoms. The summed E-state index contributed by atoms with van der Waals surface area (Å²) in [6.45, 7) is 0. The van der Waals surface area contributed by atoms with Crippen LogP contribution in [-0.2, 0) is 6.42 Å². The van der Waals surface area contributed by atoms with Crippen molar-refractivity contribution in [2.45, 2.75) is 12.5 Å². The third-order valence-corrected chi connectivity index (χ3v) is 2.87. The Labute approximate surface area is 104 Å². The van der Waals surface area contributed by atoms with Crippen LogP contribution in [0, 0.1) is 0 Å². The summed E-state index contributed by atoms with van der Waals surface area (Å²) in [4.78, 5) is 4.01. The molecular formula is C13H13N5. The van der Waals surface area contributed by atoms with Crippen LogP contribution >= 0.6 is 0 Å². The average molecular weight is 239 g/mol. The average Bonchev–Trinajstić information content (AvgIpc) is 2.84. The van der Waals surface area contributed by atoms with E-state index in [9.17, 15) is 0 Å². The van der Waals surface area contributed by atoms with E-state index in [-0.39, 0.29) is 6.04 Å². The predicted octanol–water partition coefficient (Wildman–Crippen LogP) is 1.37. The van der Waals surface area contributed by atoms with Gasteiger partial charge in [0, 0.05) is 12.4 Å². The van der Waals surface area contributed by atoms with Gasteiger partial charge in [0.05, 0.1) is 12.2 Å². The van der Waals surface area contributed by atoms with E-state index in [1.54, 1.807) is 12.4 Å². The fraction of sp³-hybridized carbons (Fsp3) is 0.154. The van der Waals surface area contributed by atoms with Gasteiger partial charge in [0.2, 0.25) is 0 Å². The van der Waals surface area contributed by atoms with Crippen LogP contribution in [0.2, 0.25) is 0 Å². The molecule has 0 saturated heterocycles. The van der Waals surface area contributed by atoms with Crippen LogP contribution in [-0.4, -0.2) is 19.6 Å². The lowest BCUT2D eigenvalue weighted by atomic mass is 10.1. The predicted molar refractivity (Wildman–Crippen MR) is 67.9 cm³/mol. The van der Waals surface area contributed by atoms with Crippen LogP contribution in [0.4, 0.5) is 0 Å². The van der Waals surface area contributed by atoms with Crippen LogP contribution in [0.1, 0.15) is 17.4 Å². The monoisotopic (exact) mass is 239 g/mol. The molecule has 3 aromatic rings. The maximum Gasteiger partial charge on any atom is 0.179 e. The third-order valence-electron chi connectivity index (χ3n) is 2.87. The Morgan fingerprint density at radius 2 is 2.00 bits per heavy atom. The summed E-state index contributed by atoms with van der Waals surface area (Å²) in [5.41, 5.74) is 8.10. The second-order valence-corrected chi connectivity index (χ2v) is 4.16. The van der Waals surface area contributed by atoms with E-state index >= 15 is 0 Å². The van der Waals surface area contributed by atoms with Gasteiger partial charge in [0.1, 0.15) is 0 Å². The Balaban J connectivity index is 1.90. The minimum atomic E-state index is -0.176. The van der Waals surface area contributed by atoms with Gasteiger partial charge in [-0.25, -0.2) is 0 Å². The maximum atomic E-state index is 6.19. The molecule has 3 rings (SSSR count). The topological polar surface area (TPSA) is 69.1 Å². The lowest BCUT2D eigenvalue weighted by molar-refractivity contribution is 0.658. The minimum Gasteiger partial charge on any atom is -0.321 e. The summed E-state index contributed by atoms with van der Waals surface area (Å²) in [5, 5.41) is 8.19. The number of rotatable bonds is 3. The van der Waals surface area contributed by atoms with Crippen molar-refractivity contribution >= 4 is 5.65 Å². The molecule has 0 aliphatic carbocycles. The molecule has 0 radical (unpaired) electrons. The molecule has 0 saturated carbocycles. The Bertz CT molecular complexity index is 647. The molecule has 2 heterocycles. The molecule has 2 aromatic heterocycles. The molecule has 90 valence electrons. The zero-order valence-corrected chi connectivity index (χ0v) is 9.77. The van der Waals surface area contributed by atoms with Crippen molar-refractivity contribution in [3.05, 3.63) is 60.3 Å². The third kappa shape index (κ3) is 1.96. The van der Waals surface area contributed by atoms with Crippen LogP contribution in [0.5, 0.6) is 0 Å². The van der Waals surface area contributed by atoms with Gasteiger partial charge in [0.25, 0.3) is 0 Å². The van der Waals surface area contributed by atoms with Crippen molar-refractivity contribution in [3.63, 3.8) is 0 Å². The minimum absolute atomic E-state index is 0.176. The molecule has 1 aromatic carbocycles. The normalized spacial score (nSPS) is 12.7. The van der Waals surface area contributed by atoms with Crippen LogP contribution in [0.25, 0.3) is 5.65 Å². The highest BCUT2D eigenvalue weighted by molar-refractivity contribution is 5.34. The summed E-state index contributed by atoms with van der Waals surface area (Å²) in [5.74, 6) is 0.760. The summed E-state index contributed by atoms with van der Waals surface area (Å²) in [6, 6.07) is 9.95. The summed E-state index contributed by atoms with van der Waals surface area (Å²) in [7, 11) is 0. The quantitative estimate of drug-likeness (QED) is 0.749. The van der Waals surface area contributed by atoms with Gasteiger partial charge in [-0.2, -0.15) is 0 Å². The first kappa shape index (κ1) is 10.9. The second kappa shape index (κ2) is 4.54. The van der Waals surface area contributed by atoms with Crippen LogP contribution < -0.4 is 5.73 Å². The largest absolute Gasteiger partial charge is 0.321 e. The van der Waals surface area contributed by atoms with Gasteiger partial charge in [0.15, 0.2) is 11.5 Å². The fourth-order valence-corrected chi connectivity index (χ4v) is 1.98. The van der Waals surface area contributed by atoms with Gasteiger partial charge < -0.3 is 5.73 Å². The molecule has 18 heavy (non-hydrogen) atoms. The number of hydrogen-bond donors (Lipinski definition) is 1. The molecule has 0 bridgehead atoms. The SMILES string of the molecule is NC(Cc1ccccc1)c1nnc2cnccn12. The van der Waals surface area contributed by atoms with Gasteiger partial charge in [-0.1, -0.05) is 30.3 Å². The van der Waals surface area contributed by atoms with E-state index in [1.807, 2.05) is 28.8 Å². The van der Waals surface area contributed by atoms with Gasteiger partial charge >= 0.3 is 0 Å². The van der Waals surface area contributed by atoms with Crippen LogP contribution in [0.3, 0.4) is 0 Å². The van der Waals surface area contributed by atoms with Crippen molar-refractivity contribution in [1.29, 1.82) is 0 Å². The summed E-state index contributed by atoms with van der Waals surface area (Å²) in [6.07, 6.45) is 5.94. The van der Waals surface area contributed by atoms with Gasteiger partial charge in [-0.3, -0.25) is 9.38 Å². The zero-order chi connectivity index (χ0) is 12.4. The standard InChI is InChI=1S/C13H13N5/c14-11(8-10-4-2-1-3-5-10)13-17-16-12-9-15-6-7-18(12)13/h1-7,9,11H,8,14H2. The number of nitrogens with two attached hydrogens (primary N) is 1. The highest BCUT2D eigenvalue weighted by Crippen LogP contribution is 2.14. The number of fused-ring (bicyclic) bond motifs is 1. The molecule has 0 aliphatic heterocycles. The van der Waals surface area contributed by atoms with Gasteiger partial charge in [-0.15, -0.1) is 10.2 Å². The van der Waals surface area contributed by atoms with Crippen molar-refractivity contribution in [3.8, 4) is 0 Å². The Hall–Kier alpha value is -2.27. The van der Waals surface area contributed by atoms with Crippen LogP contribution in [0.15, 0.2) is 48.9 Å². The molecule has 0 aliphatic rings. The molecule has 0 spiro atoms. The number of nitrogens with zero attached hydrogens (tertiary/aromatic N) is 4. The fourth-order valence-electron chi connectivity index (χ4n) is 1.98. The van der Waals surface area contributed by atoms with E-state index in [2.05, 4.69) is 27.3 Å². The molecule has 1 unspecified atom stereocenters. The molecular weight excluding hydrogens is 226 g/mol. The number of hydrogen-bond acceptors (Lipinski definition) is 4. The zero-order valence-electron chi connectivity index (χ0n) is 9.77. The Morgan fingerprint density at radius 1 is 1.17 bits per heavy atom. The molecule has 1 atom stereocenters. The van der Waals surface area contributed by atoms with Crippen molar-refractivity contribution in [2.75, 3.05) is 0 Å². The molecule has 2 N–H and O–H groups in total. The summed E-state index contributed by atoms with van der Waals surface area (Å²) < 4.78 is 1.88.